The Morgan fingerprint density at radius 1 is 1.48 bits per heavy atom. The minimum absolute atomic E-state index is 0.0319. The number of carbonyl (C=O) groups is 1. The predicted octanol–water partition coefficient (Wildman–Crippen LogP) is 1.51. The van der Waals surface area contributed by atoms with Crippen LogP contribution in [0.4, 0.5) is 0 Å². The highest BCUT2D eigenvalue weighted by Gasteiger charge is 2.33. The van der Waals surface area contributed by atoms with Crippen LogP contribution < -0.4 is 0 Å². The molecule has 1 aliphatic carbocycles. The third kappa shape index (κ3) is 3.93. The first-order chi connectivity index (χ1) is 11.1. The summed E-state index contributed by atoms with van der Waals surface area (Å²) in [5, 5.41) is 10.6. The summed E-state index contributed by atoms with van der Waals surface area (Å²) >= 11 is 0. The molecule has 1 aromatic heterocycles. The number of rotatable bonds is 6. The SMILES string of the molecule is CC(OCC1CC1)C(=O)N1CCCC(C(O)c2nccn2C)C1. The molecule has 1 aliphatic heterocycles. The Kier molecular flexibility index (Phi) is 5.02. The number of piperidine rings is 1. The number of amides is 1. The number of nitrogens with zero attached hydrogens (tertiary/aromatic N) is 3. The number of aliphatic hydroxyl groups excluding tert-OH is 1. The van der Waals surface area contributed by atoms with Crippen LogP contribution in [0.25, 0.3) is 0 Å². The minimum Gasteiger partial charge on any atom is -0.385 e. The lowest BCUT2D eigenvalue weighted by Gasteiger charge is -2.36. The maximum absolute atomic E-state index is 12.6. The van der Waals surface area contributed by atoms with Crippen molar-refractivity contribution in [1.29, 1.82) is 0 Å². The Bertz CT molecular complexity index is 541. The van der Waals surface area contributed by atoms with Gasteiger partial charge in [-0.25, -0.2) is 4.98 Å². The molecule has 2 aliphatic rings. The van der Waals surface area contributed by atoms with Crippen molar-refractivity contribution in [2.45, 2.75) is 44.8 Å². The zero-order valence-electron chi connectivity index (χ0n) is 14.0. The van der Waals surface area contributed by atoms with Gasteiger partial charge in [-0.1, -0.05) is 0 Å². The lowest BCUT2D eigenvalue weighted by atomic mass is 9.91. The lowest BCUT2D eigenvalue weighted by molar-refractivity contribution is -0.145. The summed E-state index contributed by atoms with van der Waals surface area (Å²) in [4.78, 5) is 18.6. The molecule has 23 heavy (non-hydrogen) atoms. The van der Waals surface area contributed by atoms with E-state index < -0.39 is 6.10 Å². The van der Waals surface area contributed by atoms with Gasteiger partial charge in [0, 0.05) is 38.4 Å². The van der Waals surface area contributed by atoms with Gasteiger partial charge in [0.25, 0.3) is 5.91 Å². The van der Waals surface area contributed by atoms with Crippen molar-refractivity contribution in [3.8, 4) is 0 Å². The molecule has 128 valence electrons. The fraction of sp³-hybridized carbons (Fsp3) is 0.765. The maximum atomic E-state index is 12.6. The summed E-state index contributed by atoms with van der Waals surface area (Å²) in [6.07, 6.45) is 6.77. The molecule has 1 saturated carbocycles. The molecule has 1 saturated heterocycles. The van der Waals surface area contributed by atoms with E-state index >= 15 is 0 Å². The van der Waals surface area contributed by atoms with Crippen LogP contribution in [0.1, 0.15) is 44.5 Å². The monoisotopic (exact) mass is 321 g/mol. The number of ether oxygens (including phenoxy) is 1. The van der Waals surface area contributed by atoms with Crippen LogP contribution in [0.5, 0.6) is 0 Å². The molecule has 2 fully saturated rings. The van der Waals surface area contributed by atoms with E-state index in [0.717, 1.165) is 19.4 Å². The largest absolute Gasteiger partial charge is 0.385 e. The fourth-order valence-corrected chi connectivity index (χ4v) is 3.23. The number of imidazole rings is 1. The van der Waals surface area contributed by atoms with Gasteiger partial charge < -0.3 is 19.3 Å². The van der Waals surface area contributed by atoms with Crippen molar-refractivity contribution >= 4 is 5.91 Å². The number of aromatic nitrogens is 2. The average molecular weight is 321 g/mol. The van der Waals surface area contributed by atoms with Gasteiger partial charge in [-0.3, -0.25) is 4.79 Å². The summed E-state index contributed by atoms with van der Waals surface area (Å²) in [5.74, 6) is 1.40. The molecule has 1 amide bonds. The Balaban J connectivity index is 1.56. The topological polar surface area (TPSA) is 67.6 Å². The third-order valence-electron chi connectivity index (χ3n) is 4.97. The molecule has 0 bridgehead atoms. The van der Waals surface area contributed by atoms with Crippen LogP contribution in [-0.4, -0.2) is 51.3 Å². The van der Waals surface area contributed by atoms with Gasteiger partial charge in [0.15, 0.2) is 0 Å². The molecule has 3 rings (SSSR count). The number of carbonyl (C=O) groups excluding carboxylic acids is 1. The highest BCUT2D eigenvalue weighted by Crippen LogP contribution is 2.30. The number of likely N-dealkylation sites (tertiary alicyclic amines) is 1. The van der Waals surface area contributed by atoms with Crippen molar-refractivity contribution in [1.82, 2.24) is 14.5 Å². The summed E-state index contributed by atoms with van der Waals surface area (Å²) in [5.41, 5.74) is 0. The van der Waals surface area contributed by atoms with Gasteiger partial charge in [-0.2, -0.15) is 0 Å². The van der Waals surface area contributed by atoms with Gasteiger partial charge in [0.1, 0.15) is 18.0 Å². The van der Waals surface area contributed by atoms with Crippen LogP contribution in [0.15, 0.2) is 12.4 Å². The van der Waals surface area contributed by atoms with E-state index in [0.29, 0.717) is 24.9 Å². The molecular formula is C17H27N3O3. The minimum atomic E-state index is -0.631. The van der Waals surface area contributed by atoms with Crippen molar-refractivity contribution in [3.05, 3.63) is 18.2 Å². The van der Waals surface area contributed by atoms with E-state index in [-0.39, 0.29) is 17.9 Å². The molecule has 6 nitrogen and oxygen atoms in total. The predicted molar refractivity (Wildman–Crippen MR) is 85.6 cm³/mol. The second kappa shape index (κ2) is 7.01. The Hall–Kier alpha value is -1.40. The second-order valence-electron chi connectivity index (χ2n) is 6.95. The van der Waals surface area contributed by atoms with Crippen LogP contribution in [0, 0.1) is 11.8 Å². The standard InChI is InChI=1S/C17H27N3O3/c1-12(23-11-13-5-6-13)17(22)20-8-3-4-14(10-20)15(21)16-18-7-9-19(16)2/h7,9,12-15,21H,3-6,8,10-11H2,1-2H3. The van der Waals surface area contributed by atoms with E-state index in [2.05, 4.69) is 4.98 Å². The number of hydrogen-bond acceptors (Lipinski definition) is 4. The Morgan fingerprint density at radius 2 is 2.26 bits per heavy atom. The van der Waals surface area contributed by atoms with Crippen LogP contribution in [-0.2, 0) is 16.6 Å². The van der Waals surface area contributed by atoms with Crippen molar-refractivity contribution < 1.29 is 14.6 Å². The summed E-state index contributed by atoms with van der Waals surface area (Å²) < 4.78 is 7.54. The van der Waals surface area contributed by atoms with Gasteiger partial charge in [0.2, 0.25) is 0 Å². The molecule has 1 N–H and O–H groups in total. The number of hydrogen-bond donors (Lipinski definition) is 1. The van der Waals surface area contributed by atoms with Crippen molar-refractivity contribution in [2.75, 3.05) is 19.7 Å². The van der Waals surface area contributed by atoms with Crippen LogP contribution in [0.3, 0.4) is 0 Å². The van der Waals surface area contributed by atoms with Gasteiger partial charge in [-0.15, -0.1) is 0 Å². The zero-order valence-corrected chi connectivity index (χ0v) is 14.0. The van der Waals surface area contributed by atoms with E-state index in [4.69, 9.17) is 4.74 Å². The van der Waals surface area contributed by atoms with Gasteiger partial charge in [-0.05, 0) is 38.5 Å². The van der Waals surface area contributed by atoms with Crippen LogP contribution >= 0.6 is 0 Å². The third-order valence-corrected chi connectivity index (χ3v) is 4.97. The first-order valence-electron chi connectivity index (χ1n) is 8.62. The van der Waals surface area contributed by atoms with E-state index in [1.165, 1.54) is 12.8 Å². The molecular weight excluding hydrogens is 294 g/mol. The number of aryl methyl sites for hydroxylation is 1. The summed E-state index contributed by atoms with van der Waals surface area (Å²) in [7, 11) is 1.88. The smallest absolute Gasteiger partial charge is 0.251 e. The van der Waals surface area contributed by atoms with Crippen LogP contribution in [0.2, 0.25) is 0 Å². The van der Waals surface area contributed by atoms with E-state index in [1.807, 2.05) is 29.6 Å². The summed E-state index contributed by atoms with van der Waals surface area (Å²) in [6.45, 7) is 3.85. The molecule has 1 aromatic rings. The van der Waals surface area contributed by atoms with Gasteiger partial charge >= 0.3 is 0 Å². The maximum Gasteiger partial charge on any atom is 0.251 e. The first kappa shape index (κ1) is 16.5. The average Bonchev–Trinajstić information content (AvgIpc) is 3.31. The normalized spacial score (nSPS) is 24.5. The quantitative estimate of drug-likeness (QED) is 0.862. The highest BCUT2D eigenvalue weighted by molar-refractivity contribution is 5.80. The molecule has 0 aromatic carbocycles. The molecule has 6 heteroatoms. The molecule has 2 heterocycles. The molecule has 3 atom stereocenters. The molecule has 0 spiro atoms. The number of aliphatic hydroxyl groups is 1. The Morgan fingerprint density at radius 3 is 2.91 bits per heavy atom. The highest BCUT2D eigenvalue weighted by atomic mass is 16.5. The molecule has 0 radical (unpaired) electrons. The zero-order chi connectivity index (χ0) is 16.4. The second-order valence-corrected chi connectivity index (χ2v) is 6.95. The first-order valence-corrected chi connectivity index (χ1v) is 8.62. The van der Waals surface area contributed by atoms with E-state index in [9.17, 15) is 9.90 Å². The summed E-state index contributed by atoms with van der Waals surface area (Å²) in [6, 6.07) is 0. The fourth-order valence-electron chi connectivity index (χ4n) is 3.23. The van der Waals surface area contributed by atoms with Crippen molar-refractivity contribution in [2.24, 2.45) is 18.9 Å². The lowest BCUT2D eigenvalue weighted by Crippen LogP contribution is -2.46. The Labute approximate surface area is 137 Å². The molecule has 3 unspecified atom stereocenters. The van der Waals surface area contributed by atoms with Gasteiger partial charge in [0.05, 0.1) is 6.61 Å². The van der Waals surface area contributed by atoms with E-state index in [1.54, 1.807) is 6.20 Å². The van der Waals surface area contributed by atoms with Crippen molar-refractivity contribution in [3.63, 3.8) is 0 Å².